The summed E-state index contributed by atoms with van der Waals surface area (Å²) in [5, 5.41) is 0.0379. The van der Waals surface area contributed by atoms with Gasteiger partial charge in [-0.15, -0.1) is 0 Å². The van der Waals surface area contributed by atoms with Crippen LogP contribution >= 0.6 is 0 Å². The van der Waals surface area contributed by atoms with E-state index in [1.54, 1.807) is 6.92 Å². The van der Waals surface area contributed by atoms with Gasteiger partial charge in [0.2, 0.25) is 0 Å². The lowest BCUT2D eigenvalue weighted by Crippen LogP contribution is -2.55. The maximum atomic E-state index is 11.9. The van der Waals surface area contributed by atoms with Gasteiger partial charge in [-0.1, -0.05) is 55.0 Å². The Morgan fingerprint density at radius 2 is 1.47 bits per heavy atom. The Labute approximate surface area is 108 Å². The highest BCUT2D eigenvalue weighted by atomic mass is 28.4. The van der Waals surface area contributed by atoms with Crippen LogP contribution in [-0.4, -0.2) is 14.3 Å². The lowest BCUT2D eigenvalue weighted by molar-refractivity contribution is -0.131. The molecule has 0 saturated heterocycles. The molecule has 0 aliphatic rings. The Bertz CT molecular complexity index is 291. The molecule has 0 radical (unpaired) electrons. The summed E-state index contributed by atoms with van der Waals surface area (Å²) in [5.41, 5.74) is 0.490. The molecule has 100 valence electrons. The van der Waals surface area contributed by atoms with E-state index in [2.05, 4.69) is 55.0 Å². The summed E-state index contributed by atoms with van der Waals surface area (Å²) in [6.45, 7) is 20.6. The molecule has 0 aromatic carbocycles. The third-order valence-electron chi connectivity index (χ3n) is 3.54. The minimum atomic E-state index is -2.21. The topological polar surface area (TPSA) is 26.3 Å². The second-order valence-corrected chi connectivity index (χ2v) is 12.4. The van der Waals surface area contributed by atoms with Crippen LogP contribution in [0.4, 0.5) is 0 Å². The molecule has 0 unspecified atom stereocenters. The number of carbonyl (C=O) groups excluding carboxylic acids is 1. The van der Waals surface area contributed by atoms with Gasteiger partial charge in [0.1, 0.15) is 0 Å². The fourth-order valence-electron chi connectivity index (χ4n) is 2.81. The van der Waals surface area contributed by atoms with Gasteiger partial charge in [-0.2, -0.15) is 0 Å². The van der Waals surface area contributed by atoms with Crippen molar-refractivity contribution in [2.45, 2.75) is 71.5 Å². The van der Waals surface area contributed by atoms with E-state index < -0.39 is 8.32 Å². The number of hydrogen-bond donors (Lipinski definition) is 0. The van der Waals surface area contributed by atoms with Gasteiger partial charge >= 0.3 is 5.97 Å². The number of hydrogen-bond acceptors (Lipinski definition) is 2. The molecule has 0 aliphatic carbocycles. The lowest BCUT2D eigenvalue weighted by atomic mass is 10.2. The summed E-state index contributed by atoms with van der Waals surface area (Å²) in [5.74, 6) is -0.233. The average molecular weight is 256 g/mol. The molecule has 0 aromatic rings. The van der Waals surface area contributed by atoms with E-state index in [-0.39, 0.29) is 16.0 Å². The quantitative estimate of drug-likeness (QED) is 0.542. The van der Waals surface area contributed by atoms with Crippen molar-refractivity contribution in [3.8, 4) is 0 Å². The third-order valence-corrected chi connectivity index (χ3v) is 9.91. The molecule has 0 aromatic heterocycles. The van der Waals surface area contributed by atoms with Crippen LogP contribution in [0.3, 0.4) is 0 Å². The van der Waals surface area contributed by atoms with Gasteiger partial charge in [-0.25, -0.2) is 4.79 Å². The molecule has 0 N–H and O–H groups in total. The molecule has 0 atom stereocenters. The summed E-state index contributed by atoms with van der Waals surface area (Å²) in [6, 6.07) is 0.930. The smallest absolute Gasteiger partial charge is 0.319 e. The molecule has 0 fully saturated rings. The Kier molecular flexibility index (Phi) is 4.80. The van der Waals surface area contributed by atoms with Crippen LogP contribution in [0.2, 0.25) is 16.1 Å². The number of carbonyl (C=O) groups is 1. The molecule has 3 heteroatoms. The fourth-order valence-corrected chi connectivity index (χ4v) is 8.43. The second-order valence-electron chi connectivity index (χ2n) is 6.85. The molecule has 0 amide bonds. The molecule has 0 spiro atoms. The van der Waals surface area contributed by atoms with Crippen LogP contribution in [0.15, 0.2) is 12.2 Å². The van der Waals surface area contributed by atoms with Crippen molar-refractivity contribution in [2.75, 3.05) is 0 Å². The summed E-state index contributed by atoms with van der Waals surface area (Å²) < 4.78 is 5.98. The Balaban J connectivity index is 5.54. The molecule has 17 heavy (non-hydrogen) atoms. The first-order valence-corrected chi connectivity index (χ1v) is 8.39. The zero-order valence-corrected chi connectivity index (χ0v) is 13.7. The van der Waals surface area contributed by atoms with E-state index in [0.29, 0.717) is 5.57 Å². The highest BCUT2D eigenvalue weighted by molar-refractivity contribution is 6.80. The third kappa shape index (κ3) is 3.21. The summed E-state index contributed by atoms with van der Waals surface area (Å²) >= 11 is 0. The van der Waals surface area contributed by atoms with Crippen molar-refractivity contribution >= 4 is 14.3 Å². The zero-order chi connectivity index (χ0) is 14.1. The Morgan fingerprint density at radius 3 is 1.65 bits per heavy atom. The van der Waals surface area contributed by atoms with Crippen molar-refractivity contribution in [3.63, 3.8) is 0 Å². The van der Waals surface area contributed by atoms with Crippen molar-refractivity contribution in [1.82, 2.24) is 0 Å². The van der Waals surface area contributed by atoms with E-state index in [9.17, 15) is 4.79 Å². The second kappa shape index (κ2) is 4.97. The molecular formula is C14H28O2Si. The van der Waals surface area contributed by atoms with E-state index in [0.717, 1.165) is 6.04 Å². The van der Waals surface area contributed by atoms with Crippen molar-refractivity contribution in [3.05, 3.63) is 12.2 Å². The maximum Gasteiger partial charge on any atom is 0.319 e. The van der Waals surface area contributed by atoms with Crippen molar-refractivity contribution in [1.29, 1.82) is 0 Å². The Morgan fingerprint density at radius 1 is 1.12 bits per heavy atom. The standard InChI is InChI=1S/C14H28O2Si/c1-10-17(13(4,5)6,14(7,8)9)16-12(15)11(2)3/h2,10H2,1,3-9H3. The highest BCUT2D eigenvalue weighted by Crippen LogP contribution is 2.53. The van der Waals surface area contributed by atoms with Crippen LogP contribution in [0.1, 0.15) is 55.4 Å². The normalized spacial score (nSPS) is 13.4. The van der Waals surface area contributed by atoms with Crippen molar-refractivity contribution < 1.29 is 9.22 Å². The van der Waals surface area contributed by atoms with E-state index in [1.807, 2.05) is 0 Å². The van der Waals surface area contributed by atoms with E-state index >= 15 is 0 Å². The maximum absolute atomic E-state index is 11.9. The monoisotopic (exact) mass is 256 g/mol. The largest absolute Gasteiger partial charge is 0.515 e. The van der Waals surface area contributed by atoms with Crippen LogP contribution in [0.5, 0.6) is 0 Å². The summed E-state index contributed by atoms with van der Waals surface area (Å²) in [6.07, 6.45) is 0. The van der Waals surface area contributed by atoms with E-state index in [1.165, 1.54) is 0 Å². The van der Waals surface area contributed by atoms with Gasteiger partial charge in [-0.3, -0.25) is 0 Å². The first-order valence-electron chi connectivity index (χ1n) is 6.28. The van der Waals surface area contributed by atoms with Crippen LogP contribution in [0.25, 0.3) is 0 Å². The minimum Gasteiger partial charge on any atom is -0.515 e. The van der Waals surface area contributed by atoms with Gasteiger partial charge in [0.05, 0.1) is 0 Å². The number of rotatable bonds is 3. The molecule has 0 heterocycles. The lowest BCUT2D eigenvalue weighted by Gasteiger charge is -2.49. The predicted octanol–water partition coefficient (Wildman–Crippen LogP) is 4.67. The fraction of sp³-hybridized carbons (Fsp3) is 0.786. The molecule has 0 bridgehead atoms. The zero-order valence-electron chi connectivity index (χ0n) is 12.7. The Hall–Kier alpha value is -0.573. The molecular weight excluding hydrogens is 228 g/mol. The van der Waals surface area contributed by atoms with Gasteiger partial charge < -0.3 is 4.43 Å². The molecule has 0 aliphatic heterocycles. The first-order chi connectivity index (χ1) is 7.39. The van der Waals surface area contributed by atoms with Crippen LogP contribution < -0.4 is 0 Å². The average Bonchev–Trinajstić information content (AvgIpc) is 2.09. The summed E-state index contributed by atoms with van der Waals surface area (Å²) in [4.78, 5) is 11.9. The first kappa shape index (κ1) is 16.4. The molecule has 2 nitrogen and oxygen atoms in total. The van der Waals surface area contributed by atoms with Gasteiger partial charge in [-0.05, 0) is 23.0 Å². The highest BCUT2D eigenvalue weighted by Gasteiger charge is 2.56. The minimum absolute atomic E-state index is 0.0190. The van der Waals surface area contributed by atoms with Crippen LogP contribution in [0, 0.1) is 0 Å². The van der Waals surface area contributed by atoms with Gasteiger partial charge in [0.25, 0.3) is 8.32 Å². The predicted molar refractivity (Wildman–Crippen MR) is 76.6 cm³/mol. The molecule has 0 saturated carbocycles. The summed E-state index contributed by atoms with van der Waals surface area (Å²) in [7, 11) is -2.21. The van der Waals surface area contributed by atoms with Crippen LogP contribution in [-0.2, 0) is 9.22 Å². The SMILES string of the molecule is C=C(C)C(=O)O[Si](CC)(C(C)(C)C)C(C)(C)C. The van der Waals surface area contributed by atoms with E-state index in [4.69, 9.17) is 4.43 Å². The van der Waals surface area contributed by atoms with Gasteiger partial charge in [0, 0.05) is 5.57 Å². The van der Waals surface area contributed by atoms with Crippen molar-refractivity contribution in [2.24, 2.45) is 0 Å². The van der Waals surface area contributed by atoms with Gasteiger partial charge in [0.15, 0.2) is 0 Å². The molecule has 0 rings (SSSR count).